The quantitative estimate of drug-likeness (QED) is 0.463. The lowest BCUT2D eigenvalue weighted by atomic mass is 9.75. The molecule has 3 heterocycles. The second-order valence-corrected chi connectivity index (χ2v) is 12.6. The summed E-state index contributed by atoms with van der Waals surface area (Å²) in [6.45, 7) is 9.94. The molecule has 1 unspecified atom stereocenters. The van der Waals surface area contributed by atoms with Crippen molar-refractivity contribution in [3.05, 3.63) is 34.9 Å². The van der Waals surface area contributed by atoms with Gasteiger partial charge in [0.15, 0.2) is 0 Å². The highest BCUT2D eigenvalue weighted by Gasteiger charge is 2.50. The Morgan fingerprint density at radius 2 is 1.67 bits per heavy atom. The first kappa shape index (κ1) is 28.4. The maximum Gasteiger partial charge on any atom is 0.410 e. The van der Waals surface area contributed by atoms with E-state index in [-0.39, 0.29) is 17.6 Å². The zero-order valence-corrected chi connectivity index (χ0v) is 24.5. The molecule has 0 radical (unpaired) electrons. The van der Waals surface area contributed by atoms with E-state index in [1.165, 1.54) is 32.1 Å². The van der Waals surface area contributed by atoms with Gasteiger partial charge in [-0.15, -0.1) is 0 Å². The first-order valence-corrected chi connectivity index (χ1v) is 15.5. The van der Waals surface area contributed by atoms with E-state index in [0.717, 1.165) is 88.1 Å². The Kier molecular flexibility index (Phi) is 9.17. The number of carbonyl (C=O) groups excluding carboxylic acids is 2. The van der Waals surface area contributed by atoms with Gasteiger partial charge < -0.3 is 19.3 Å². The first-order valence-electron chi connectivity index (χ1n) is 15.5. The summed E-state index contributed by atoms with van der Waals surface area (Å²) in [6, 6.07) is 6.58. The largest absolute Gasteiger partial charge is 0.442 e. The molecule has 216 valence electrons. The highest BCUT2D eigenvalue weighted by atomic mass is 16.6. The summed E-state index contributed by atoms with van der Waals surface area (Å²) in [5, 5.41) is 0. The summed E-state index contributed by atoms with van der Waals surface area (Å²) in [6.07, 6.45) is 11.0. The molecule has 7 nitrogen and oxygen atoms in total. The summed E-state index contributed by atoms with van der Waals surface area (Å²) >= 11 is 0. The molecule has 39 heavy (non-hydrogen) atoms. The molecule has 5 rings (SSSR count). The monoisotopic (exact) mass is 539 g/mol. The van der Waals surface area contributed by atoms with E-state index in [1.54, 1.807) is 7.11 Å². The van der Waals surface area contributed by atoms with Crippen molar-refractivity contribution in [1.82, 2.24) is 14.7 Å². The smallest absolute Gasteiger partial charge is 0.410 e. The van der Waals surface area contributed by atoms with Gasteiger partial charge in [-0.1, -0.05) is 37.5 Å². The highest BCUT2D eigenvalue weighted by Crippen LogP contribution is 2.41. The number of benzene rings is 1. The molecule has 1 aliphatic carbocycles. The Morgan fingerprint density at radius 1 is 1.00 bits per heavy atom. The fraction of sp³-hybridized carbons (Fsp3) is 0.750. The molecule has 1 aromatic rings. The van der Waals surface area contributed by atoms with Gasteiger partial charge >= 0.3 is 6.09 Å². The van der Waals surface area contributed by atoms with Crippen LogP contribution in [0.25, 0.3) is 0 Å². The fourth-order valence-electron chi connectivity index (χ4n) is 7.80. The van der Waals surface area contributed by atoms with E-state index < -0.39 is 0 Å². The maximum atomic E-state index is 13.3. The van der Waals surface area contributed by atoms with Gasteiger partial charge in [-0.2, -0.15) is 0 Å². The van der Waals surface area contributed by atoms with Crippen LogP contribution in [0.2, 0.25) is 0 Å². The van der Waals surface area contributed by atoms with Crippen LogP contribution in [0.3, 0.4) is 0 Å². The van der Waals surface area contributed by atoms with Crippen LogP contribution < -0.4 is 0 Å². The number of carbonyl (C=O) groups is 2. The Balaban J connectivity index is 1.16. The number of piperidine rings is 2. The average Bonchev–Trinajstić information content (AvgIpc) is 2.95. The molecule has 1 atom stereocenters. The predicted molar refractivity (Wildman–Crippen MR) is 153 cm³/mol. The van der Waals surface area contributed by atoms with E-state index in [0.29, 0.717) is 24.5 Å². The average molecular weight is 540 g/mol. The third-order valence-corrected chi connectivity index (χ3v) is 10.2. The van der Waals surface area contributed by atoms with Crippen LogP contribution in [0, 0.1) is 25.7 Å². The molecule has 1 saturated carbocycles. The van der Waals surface area contributed by atoms with E-state index in [2.05, 4.69) is 4.90 Å². The summed E-state index contributed by atoms with van der Waals surface area (Å²) in [5.41, 5.74) is 2.63. The van der Waals surface area contributed by atoms with Crippen LogP contribution in [0.1, 0.15) is 85.7 Å². The molecule has 0 N–H and O–H groups in total. The molecule has 1 aromatic carbocycles. The minimum atomic E-state index is -0.367. The van der Waals surface area contributed by atoms with Gasteiger partial charge in [0.25, 0.3) is 5.91 Å². The number of rotatable bonds is 7. The lowest BCUT2D eigenvalue weighted by Gasteiger charge is -2.52. The third-order valence-electron chi connectivity index (χ3n) is 10.2. The fourth-order valence-corrected chi connectivity index (χ4v) is 7.80. The zero-order chi connectivity index (χ0) is 27.4. The van der Waals surface area contributed by atoms with Gasteiger partial charge in [-0.05, 0) is 63.0 Å². The Hall–Kier alpha value is -2.12. The van der Waals surface area contributed by atoms with Crippen molar-refractivity contribution in [2.75, 3.05) is 53.0 Å². The lowest BCUT2D eigenvalue weighted by Crippen LogP contribution is -2.62. The van der Waals surface area contributed by atoms with Crippen molar-refractivity contribution >= 4 is 12.0 Å². The zero-order valence-electron chi connectivity index (χ0n) is 24.5. The summed E-state index contributed by atoms with van der Waals surface area (Å²) < 4.78 is 11.9. The predicted octanol–water partition coefficient (Wildman–Crippen LogP) is 5.43. The number of amides is 2. The molecular weight excluding hydrogens is 490 g/mol. The lowest BCUT2D eigenvalue weighted by molar-refractivity contribution is -0.130. The van der Waals surface area contributed by atoms with Crippen LogP contribution in [-0.2, 0) is 9.47 Å². The van der Waals surface area contributed by atoms with Gasteiger partial charge in [0, 0.05) is 83.4 Å². The van der Waals surface area contributed by atoms with Crippen LogP contribution >= 0.6 is 0 Å². The van der Waals surface area contributed by atoms with Crippen molar-refractivity contribution in [3.63, 3.8) is 0 Å². The number of hydrogen-bond donors (Lipinski definition) is 0. The normalized spacial score (nSPS) is 25.2. The second-order valence-electron chi connectivity index (χ2n) is 12.6. The standard InChI is InChI=1S/C32H49N3O4/c1-24-8-7-9-25(2)29(24)30(36)34-17-12-28(13-18-34)33-19-15-32(16-20-33)27(14-21-38-3)23-35(31(37)39-32)22-26-10-5-4-6-11-26/h7-9,26-28H,4-6,10-23H2,1-3H3. The second kappa shape index (κ2) is 12.6. The molecular formula is C32H49N3O4. The first-order chi connectivity index (χ1) is 18.9. The number of likely N-dealkylation sites (tertiary alicyclic amines) is 2. The molecule has 4 aliphatic rings. The maximum absolute atomic E-state index is 13.3. The van der Waals surface area contributed by atoms with Crippen LogP contribution in [0.5, 0.6) is 0 Å². The SMILES string of the molecule is COCCC1CN(CC2CCCCC2)C(=O)OC12CCN(C1CCN(C(=O)c3c(C)cccc3C)CC1)CC2. The molecule has 3 aliphatic heterocycles. The Labute approximate surface area is 235 Å². The van der Waals surface area contributed by atoms with E-state index in [1.807, 2.05) is 41.8 Å². The number of ether oxygens (including phenoxy) is 2. The summed E-state index contributed by atoms with van der Waals surface area (Å²) in [7, 11) is 1.77. The van der Waals surface area contributed by atoms with Gasteiger partial charge in [0.1, 0.15) is 5.60 Å². The van der Waals surface area contributed by atoms with Crippen molar-refractivity contribution in [2.45, 2.75) is 89.7 Å². The van der Waals surface area contributed by atoms with Crippen LogP contribution in [-0.4, -0.2) is 91.3 Å². The van der Waals surface area contributed by atoms with Crippen molar-refractivity contribution < 1.29 is 19.1 Å². The van der Waals surface area contributed by atoms with Crippen molar-refractivity contribution in [3.8, 4) is 0 Å². The molecule has 4 fully saturated rings. The van der Waals surface area contributed by atoms with Crippen LogP contribution in [0.15, 0.2) is 18.2 Å². The highest BCUT2D eigenvalue weighted by molar-refractivity contribution is 5.97. The summed E-state index contributed by atoms with van der Waals surface area (Å²) in [4.78, 5) is 33.2. The molecule has 7 heteroatoms. The van der Waals surface area contributed by atoms with Gasteiger partial charge in [0.2, 0.25) is 0 Å². The topological polar surface area (TPSA) is 62.3 Å². The molecule has 2 amide bonds. The van der Waals surface area contributed by atoms with E-state index in [9.17, 15) is 9.59 Å². The van der Waals surface area contributed by atoms with Crippen molar-refractivity contribution in [1.29, 1.82) is 0 Å². The third kappa shape index (κ3) is 6.30. The molecule has 3 saturated heterocycles. The number of methoxy groups -OCH3 is 1. The van der Waals surface area contributed by atoms with Gasteiger partial charge in [-0.3, -0.25) is 9.69 Å². The van der Waals surface area contributed by atoms with Crippen LogP contribution in [0.4, 0.5) is 4.79 Å². The van der Waals surface area contributed by atoms with E-state index >= 15 is 0 Å². The van der Waals surface area contributed by atoms with E-state index in [4.69, 9.17) is 9.47 Å². The number of hydrogen-bond acceptors (Lipinski definition) is 5. The van der Waals surface area contributed by atoms with Gasteiger partial charge in [-0.25, -0.2) is 4.79 Å². The number of aryl methyl sites for hydroxylation is 2. The molecule has 1 spiro atoms. The molecule has 0 aromatic heterocycles. The van der Waals surface area contributed by atoms with Crippen molar-refractivity contribution in [2.24, 2.45) is 11.8 Å². The minimum Gasteiger partial charge on any atom is -0.442 e. The summed E-state index contributed by atoms with van der Waals surface area (Å²) in [5.74, 6) is 1.12. The number of nitrogens with zero attached hydrogens (tertiary/aromatic N) is 3. The minimum absolute atomic E-state index is 0.0963. The Bertz CT molecular complexity index is 971. The Morgan fingerprint density at radius 3 is 2.31 bits per heavy atom. The van der Waals surface area contributed by atoms with Gasteiger partial charge in [0.05, 0.1) is 0 Å². The molecule has 0 bridgehead atoms.